The van der Waals surface area contributed by atoms with Crippen LogP contribution in [0.25, 0.3) is 10.9 Å². The number of hydrazone groups is 1. The zero-order chi connectivity index (χ0) is 32.5. The van der Waals surface area contributed by atoms with Gasteiger partial charge in [-0.3, -0.25) is 14.9 Å². The number of pyridine rings is 1. The number of aromatic nitrogens is 1. The number of para-hydroxylation sites is 1. The van der Waals surface area contributed by atoms with Crippen molar-refractivity contribution < 1.29 is 15.0 Å². The molecule has 3 saturated heterocycles. The monoisotopic (exact) mass is 676 g/mol. The van der Waals surface area contributed by atoms with Crippen LogP contribution in [0.2, 0.25) is 15.1 Å². The van der Waals surface area contributed by atoms with Gasteiger partial charge in [-0.1, -0.05) is 78.1 Å². The number of piperidine rings is 3. The Hall–Kier alpha value is -3.46. The molecule has 238 valence electrons. The summed E-state index contributed by atoms with van der Waals surface area (Å²) in [6.07, 6.45) is 5.76. The van der Waals surface area contributed by atoms with Crippen LogP contribution in [0.3, 0.4) is 0 Å². The molecule has 8 rings (SSSR count). The minimum absolute atomic E-state index is 0.0842. The van der Waals surface area contributed by atoms with Gasteiger partial charge in [0.05, 0.1) is 28.4 Å². The number of halogens is 3. The standard InChI is InChI=1S/C19H22N2O.C17H13Cl3N2O2/c1-2-13-12-21-10-8-14(13)11-18(21)19(22)16-7-9-20-17-6-4-3-5-15(16)17;1-9-15(17(23)24)21-22(14-7-6-12(19)8-13(14)20)16(9)10-2-4-11(18)5-3-10/h2-7,9,13-14,18-19,22H,1,8,10-12H2;2-9,16H,1H3,(H,23,24)/t13-,14-,18+,19+;9-,16+/m01/s1. The Labute approximate surface area is 283 Å². The topological polar surface area (TPSA) is 89.3 Å². The third-order valence-electron chi connectivity index (χ3n) is 9.49. The summed E-state index contributed by atoms with van der Waals surface area (Å²) in [6, 6.07) is 22.3. The molecule has 0 aliphatic carbocycles. The highest BCUT2D eigenvalue weighted by atomic mass is 35.5. The van der Waals surface area contributed by atoms with Crippen molar-refractivity contribution in [3.8, 4) is 0 Å². The fourth-order valence-corrected chi connectivity index (χ4v) is 7.74. The first-order valence-corrected chi connectivity index (χ1v) is 16.5. The average Bonchev–Trinajstić information content (AvgIpc) is 3.41. The molecule has 0 radical (unpaired) electrons. The number of carbonyl (C=O) groups is 1. The Morgan fingerprint density at radius 1 is 1.04 bits per heavy atom. The number of hydrogen-bond donors (Lipinski definition) is 2. The predicted molar refractivity (Wildman–Crippen MR) is 186 cm³/mol. The molecule has 4 aliphatic rings. The molecule has 10 heteroatoms. The first-order chi connectivity index (χ1) is 22.2. The maximum absolute atomic E-state index is 11.5. The number of anilines is 1. The fourth-order valence-electron chi connectivity index (χ4n) is 7.12. The van der Waals surface area contributed by atoms with E-state index in [2.05, 4.69) is 33.7 Å². The van der Waals surface area contributed by atoms with Crippen molar-refractivity contribution in [3.63, 3.8) is 0 Å². The van der Waals surface area contributed by atoms with Crippen LogP contribution >= 0.6 is 34.8 Å². The predicted octanol–water partition coefficient (Wildman–Crippen LogP) is 8.45. The number of benzene rings is 3. The largest absolute Gasteiger partial charge is 0.477 e. The lowest BCUT2D eigenvalue weighted by Gasteiger charge is -2.50. The molecule has 4 aliphatic heterocycles. The SMILES string of the molecule is C=C[C@H]1CN2CC[C@H]1C[C@@H]2[C@H](O)c1ccnc2ccccc12.C[C@@H]1C(C(=O)O)=NN(c2ccc(Cl)cc2Cl)[C@@H]1c1ccc(Cl)cc1. The van der Waals surface area contributed by atoms with Crippen LogP contribution in [0.1, 0.15) is 43.0 Å². The van der Waals surface area contributed by atoms with Crippen LogP contribution in [-0.4, -0.2) is 50.9 Å². The van der Waals surface area contributed by atoms with Gasteiger partial charge in [0.15, 0.2) is 5.71 Å². The van der Waals surface area contributed by atoms with Crippen molar-refractivity contribution in [2.45, 2.75) is 38.0 Å². The molecule has 3 fully saturated rings. The summed E-state index contributed by atoms with van der Waals surface area (Å²) in [7, 11) is 0. The second-order valence-corrected chi connectivity index (χ2v) is 13.4. The molecule has 3 aromatic carbocycles. The molecule has 1 aromatic heterocycles. The lowest BCUT2D eigenvalue weighted by molar-refractivity contribution is -0.129. The van der Waals surface area contributed by atoms with Gasteiger partial charge in [-0.05, 0) is 84.8 Å². The highest BCUT2D eigenvalue weighted by Crippen LogP contribution is 2.43. The maximum atomic E-state index is 11.5. The van der Waals surface area contributed by atoms with E-state index in [-0.39, 0.29) is 23.7 Å². The van der Waals surface area contributed by atoms with E-state index in [1.165, 1.54) is 6.42 Å². The molecule has 5 heterocycles. The van der Waals surface area contributed by atoms with Crippen molar-refractivity contribution >= 4 is 63.1 Å². The number of carboxylic acid groups (broad SMARTS) is 1. The third kappa shape index (κ3) is 6.40. The van der Waals surface area contributed by atoms with E-state index in [0.717, 1.165) is 41.5 Å². The van der Waals surface area contributed by atoms with Gasteiger partial charge in [-0.2, -0.15) is 5.10 Å². The lowest BCUT2D eigenvalue weighted by Crippen LogP contribution is -2.54. The van der Waals surface area contributed by atoms with Crippen molar-refractivity contribution in [2.75, 3.05) is 18.1 Å². The van der Waals surface area contributed by atoms with Crippen LogP contribution in [-0.2, 0) is 4.79 Å². The highest BCUT2D eigenvalue weighted by molar-refractivity contribution is 6.38. The molecular formula is C36H35Cl3N4O3. The molecule has 0 amide bonds. The molecule has 46 heavy (non-hydrogen) atoms. The fraction of sp³-hybridized carbons (Fsp3) is 0.306. The Morgan fingerprint density at radius 2 is 1.78 bits per heavy atom. The lowest BCUT2D eigenvalue weighted by atomic mass is 9.73. The van der Waals surface area contributed by atoms with E-state index < -0.39 is 12.1 Å². The smallest absolute Gasteiger partial charge is 0.352 e. The van der Waals surface area contributed by atoms with Gasteiger partial charge in [0.2, 0.25) is 0 Å². The number of aliphatic carboxylic acids is 1. The minimum atomic E-state index is -1.05. The van der Waals surface area contributed by atoms with Crippen molar-refractivity contribution in [3.05, 3.63) is 118 Å². The summed E-state index contributed by atoms with van der Waals surface area (Å²) >= 11 is 18.2. The summed E-state index contributed by atoms with van der Waals surface area (Å²) in [5.74, 6) is -0.105. The third-order valence-corrected chi connectivity index (χ3v) is 10.3. The van der Waals surface area contributed by atoms with Gasteiger partial charge in [0.1, 0.15) is 0 Å². The number of hydrogen-bond acceptors (Lipinski definition) is 6. The molecule has 2 N–H and O–H groups in total. The van der Waals surface area contributed by atoms with Crippen molar-refractivity contribution in [2.24, 2.45) is 22.9 Å². The van der Waals surface area contributed by atoms with Crippen molar-refractivity contribution in [1.82, 2.24) is 9.88 Å². The summed E-state index contributed by atoms with van der Waals surface area (Å²) in [6.45, 7) is 7.94. The van der Waals surface area contributed by atoms with Crippen LogP contribution < -0.4 is 5.01 Å². The first-order valence-electron chi connectivity index (χ1n) is 15.4. The summed E-state index contributed by atoms with van der Waals surface area (Å²) < 4.78 is 0. The van der Waals surface area contributed by atoms with Crippen LogP contribution in [0.4, 0.5) is 5.69 Å². The Bertz CT molecular complexity index is 1780. The van der Waals surface area contributed by atoms with E-state index in [1.54, 1.807) is 35.3 Å². The quantitative estimate of drug-likeness (QED) is 0.199. The zero-order valence-corrected chi connectivity index (χ0v) is 27.6. The molecule has 2 bridgehead atoms. The second-order valence-electron chi connectivity index (χ2n) is 12.1. The number of fused-ring (bicyclic) bond motifs is 4. The molecule has 0 spiro atoms. The summed E-state index contributed by atoms with van der Waals surface area (Å²) in [4.78, 5) is 18.4. The molecular weight excluding hydrogens is 643 g/mol. The van der Waals surface area contributed by atoms with Gasteiger partial charge >= 0.3 is 5.97 Å². The first kappa shape index (κ1) is 32.5. The van der Waals surface area contributed by atoms with Crippen LogP contribution in [0.5, 0.6) is 0 Å². The molecule has 7 nitrogen and oxygen atoms in total. The van der Waals surface area contributed by atoms with E-state index in [4.69, 9.17) is 34.8 Å². The van der Waals surface area contributed by atoms with Gasteiger partial charge in [0.25, 0.3) is 0 Å². The van der Waals surface area contributed by atoms with E-state index in [0.29, 0.717) is 32.6 Å². The number of aliphatic hydroxyl groups excluding tert-OH is 1. The highest BCUT2D eigenvalue weighted by Gasteiger charge is 2.42. The number of aliphatic hydroxyl groups is 1. The maximum Gasteiger partial charge on any atom is 0.352 e. The minimum Gasteiger partial charge on any atom is -0.477 e. The Balaban J connectivity index is 0.000000162. The number of nitrogens with zero attached hydrogens (tertiary/aromatic N) is 4. The molecule has 7 atom stereocenters. The second kappa shape index (κ2) is 13.7. The zero-order valence-electron chi connectivity index (χ0n) is 25.3. The average molecular weight is 678 g/mol. The normalized spacial score (nSPS) is 25.8. The summed E-state index contributed by atoms with van der Waals surface area (Å²) in [5.41, 5.74) is 3.56. The van der Waals surface area contributed by atoms with Gasteiger partial charge in [-0.15, -0.1) is 6.58 Å². The van der Waals surface area contributed by atoms with Gasteiger partial charge in [-0.25, -0.2) is 4.79 Å². The van der Waals surface area contributed by atoms with Crippen LogP contribution in [0, 0.1) is 17.8 Å². The molecule has 1 unspecified atom stereocenters. The van der Waals surface area contributed by atoms with Gasteiger partial charge in [0, 0.05) is 40.1 Å². The van der Waals surface area contributed by atoms with Crippen LogP contribution in [0.15, 0.2) is 96.7 Å². The number of rotatable bonds is 6. The summed E-state index contributed by atoms with van der Waals surface area (Å²) in [5, 5.41) is 29.0. The van der Waals surface area contributed by atoms with E-state index in [1.807, 2.05) is 49.5 Å². The Kier molecular flexibility index (Phi) is 9.69. The van der Waals surface area contributed by atoms with E-state index in [9.17, 15) is 15.0 Å². The molecule has 0 saturated carbocycles. The molecule has 4 aromatic rings. The Morgan fingerprint density at radius 3 is 2.46 bits per heavy atom. The van der Waals surface area contributed by atoms with Crippen molar-refractivity contribution in [1.29, 1.82) is 0 Å². The van der Waals surface area contributed by atoms with E-state index >= 15 is 0 Å². The number of carboxylic acids is 1. The van der Waals surface area contributed by atoms with Gasteiger partial charge < -0.3 is 10.2 Å².